The van der Waals surface area contributed by atoms with Crippen molar-refractivity contribution in [1.82, 2.24) is 0 Å². The van der Waals surface area contributed by atoms with Gasteiger partial charge in [-0.25, -0.2) is 4.79 Å². The molecule has 6 nitrogen and oxygen atoms in total. The fraction of sp³-hybridized carbons (Fsp3) is 0.115. The van der Waals surface area contributed by atoms with Crippen molar-refractivity contribution in [2.75, 3.05) is 12.0 Å². The predicted molar refractivity (Wildman–Crippen MR) is 125 cm³/mol. The maximum absolute atomic E-state index is 13.6. The number of nitrogens with zero attached hydrogens (tertiary/aromatic N) is 1. The van der Waals surface area contributed by atoms with Crippen molar-refractivity contribution in [1.29, 1.82) is 0 Å². The molecule has 1 aliphatic heterocycles. The number of esters is 1. The molecular weight excluding hydrogens is 499 g/mol. The first-order valence-electron chi connectivity index (χ1n) is 10.6. The van der Waals surface area contributed by atoms with Gasteiger partial charge in [-0.05, 0) is 54.1 Å². The highest BCUT2D eigenvalue weighted by Crippen LogP contribution is 2.42. The van der Waals surface area contributed by atoms with Gasteiger partial charge in [0.15, 0.2) is 5.43 Å². The summed E-state index contributed by atoms with van der Waals surface area (Å²) in [5.74, 6) is -1.66. The lowest BCUT2D eigenvalue weighted by Crippen LogP contribution is -2.29. The van der Waals surface area contributed by atoms with E-state index in [0.717, 1.165) is 17.0 Å². The highest BCUT2D eigenvalue weighted by molar-refractivity contribution is 6.31. The van der Waals surface area contributed by atoms with Crippen LogP contribution in [0.3, 0.4) is 0 Å². The van der Waals surface area contributed by atoms with Crippen molar-refractivity contribution in [3.63, 3.8) is 0 Å². The lowest BCUT2D eigenvalue weighted by atomic mass is 9.97. The highest BCUT2D eigenvalue weighted by Gasteiger charge is 2.44. The standard InChI is InChI=1S/C26H15ClF3NO5/c1-35-25(34)14-7-5-13(6-8-14)21-20-22(32)18-12-16(27)9-10-19(18)36-23(20)24(33)31(21)17-4-2-3-15(11-17)26(28,29)30/h2-12,21H,1H3. The average Bonchev–Trinajstić information content (AvgIpc) is 3.16. The Morgan fingerprint density at radius 2 is 1.75 bits per heavy atom. The fourth-order valence-corrected chi connectivity index (χ4v) is 4.45. The van der Waals surface area contributed by atoms with Gasteiger partial charge < -0.3 is 9.15 Å². The Morgan fingerprint density at radius 1 is 1.03 bits per heavy atom. The quantitative estimate of drug-likeness (QED) is 0.314. The Morgan fingerprint density at radius 3 is 2.42 bits per heavy atom. The van der Waals surface area contributed by atoms with Crippen LogP contribution >= 0.6 is 11.6 Å². The summed E-state index contributed by atoms with van der Waals surface area (Å²) in [6, 6.07) is 13.3. The molecule has 1 unspecified atom stereocenters. The molecule has 0 aliphatic carbocycles. The summed E-state index contributed by atoms with van der Waals surface area (Å²) < 4.78 is 50.8. The van der Waals surface area contributed by atoms with Crippen molar-refractivity contribution >= 4 is 40.1 Å². The molecule has 10 heteroatoms. The Bertz CT molecular complexity index is 1590. The first-order valence-corrected chi connectivity index (χ1v) is 10.9. The van der Waals surface area contributed by atoms with Gasteiger partial charge in [-0.15, -0.1) is 0 Å². The van der Waals surface area contributed by atoms with E-state index in [1.807, 2.05) is 0 Å². The number of carbonyl (C=O) groups is 2. The van der Waals surface area contributed by atoms with Crippen molar-refractivity contribution in [2.24, 2.45) is 0 Å². The Hall–Kier alpha value is -4.11. The SMILES string of the molecule is COC(=O)c1ccc(C2c3c(oc4ccc(Cl)cc4c3=O)C(=O)N2c2cccc(C(F)(F)F)c2)cc1. The molecule has 0 radical (unpaired) electrons. The summed E-state index contributed by atoms with van der Waals surface area (Å²) in [6.45, 7) is 0. The Balaban J connectivity index is 1.76. The van der Waals surface area contributed by atoms with Gasteiger partial charge in [-0.2, -0.15) is 13.2 Å². The van der Waals surface area contributed by atoms with Gasteiger partial charge in [-0.1, -0.05) is 29.8 Å². The van der Waals surface area contributed by atoms with Gasteiger partial charge in [-0.3, -0.25) is 14.5 Å². The van der Waals surface area contributed by atoms with E-state index >= 15 is 0 Å². The second-order valence-electron chi connectivity index (χ2n) is 8.05. The summed E-state index contributed by atoms with van der Waals surface area (Å²) in [4.78, 5) is 40.1. The molecule has 36 heavy (non-hydrogen) atoms. The minimum absolute atomic E-state index is 0.0435. The molecule has 0 fully saturated rings. The van der Waals surface area contributed by atoms with Gasteiger partial charge in [0.1, 0.15) is 5.58 Å². The van der Waals surface area contributed by atoms with Crippen LogP contribution in [-0.4, -0.2) is 19.0 Å². The highest BCUT2D eigenvalue weighted by atomic mass is 35.5. The monoisotopic (exact) mass is 513 g/mol. The van der Waals surface area contributed by atoms with E-state index in [0.29, 0.717) is 5.56 Å². The van der Waals surface area contributed by atoms with Crippen LogP contribution in [0.2, 0.25) is 5.02 Å². The Labute approximate surface area is 206 Å². The van der Waals surface area contributed by atoms with E-state index in [2.05, 4.69) is 0 Å². The van der Waals surface area contributed by atoms with Gasteiger partial charge >= 0.3 is 12.1 Å². The van der Waals surface area contributed by atoms with E-state index in [-0.39, 0.29) is 38.6 Å². The van der Waals surface area contributed by atoms with Crippen LogP contribution in [0.15, 0.2) is 75.9 Å². The molecule has 3 aromatic carbocycles. The minimum atomic E-state index is -4.65. The van der Waals surface area contributed by atoms with Crippen molar-refractivity contribution in [2.45, 2.75) is 12.2 Å². The summed E-state index contributed by atoms with van der Waals surface area (Å²) in [7, 11) is 1.22. The van der Waals surface area contributed by atoms with Crippen LogP contribution in [0.1, 0.15) is 43.6 Å². The molecular formula is C26H15ClF3NO5. The van der Waals surface area contributed by atoms with E-state index in [1.54, 1.807) is 0 Å². The van der Waals surface area contributed by atoms with E-state index in [4.69, 9.17) is 20.8 Å². The van der Waals surface area contributed by atoms with Gasteiger partial charge in [0.25, 0.3) is 5.91 Å². The fourth-order valence-electron chi connectivity index (χ4n) is 4.28. The number of alkyl halides is 3. The van der Waals surface area contributed by atoms with Gasteiger partial charge in [0, 0.05) is 10.7 Å². The minimum Gasteiger partial charge on any atom is -0.465 e. The number of rotatable bonds is 3. The summed E-state index contributed by atoms with van der Waals surface area (Å²) in [5.41, 5.74) is -0.919. The van der Waals surface area contributed by atoms with Gasteiger partial charge in [0.2, 0.25) is 5.76 Å². The zero-order chi connectivity index (χ0) is 25.8. The molecule has 182 valence electrons. The van der Waals surface area contributed by atoms with Crippen LogP contribution in [0.4, 0.5) is 18.9 Å². The molecule has 0 N–H and O–H groups in total. The Kier molecular flexibility index (Phi) is 5.60. The lowest BCUT2D eigenvalue weighted by Gasteiger charge is -2.26. The van der Waals surface area contributed by atoms with E-state index in [9.17, 15) is 27.6 Å². The second-order valence-corrected chi connectivity index (χ2v) is 8.49. The number of carbonyl (C=O) groups excluding carboxylic acids is 2. The normalized spacial score (nSPS) is 15.3. The average molecular weight is 514 g/mol. The number of amides is 1. The number of halogens is 4. The van der Waals surface area contributed by atoms with Crippen molar-refractivity contribution in [3.8, 4) is 0 Å². The predicted octanol–water partition coefficient (Wildman–Crippen LogP) is 6.00. The number of anilines is 1. The zero-order valence-corrected chi connectivity index (χ0v) is 19.2. The first kappa shape index (κ1) is 23.6. The number of hydrogen-bond donors (Lipinski definition) is 0. The van der Waals surface area contributed by atoms with Crippen LogP contribution in [0.25, 0.3) is 11.0 Å². The first-order chi connectivity index (χ1) is 17.1. The van der Waals surface area contributed by atoms with Crippen LogP contribution in [0, 0.1) is 0 Å². The van der Waals surface area contributed by atoms with Crippen molar-refractivity contribution in [3.05, 3.63) is 110 Å². The second kappa shape index (κ2) is 8.53. The summed E-state index contributed by atoms with van der Waals surface area (Å²) >= 11 is 6.06. The molecule has 0 saturated carbocycles. The molecule has 1 amide bonds. The summed E-state index contributed by atoms with van der Waals surface area (Å²) in [6.07, 6.45) is -4.65. The smallest absolute Gasteiger partial charge is 0.416 e. The van der Waals surface area contributed by atoms with Crippen LogP contribution in [-0.2, 0) is 10.9 Å². The third kappa shape index (κ3) is 3.81. The number of hydrogen-bond acceptors (Lipinski definition) is 5. The number of ether oxygens (including phenoxy) is 1. The molecule has 0 spiro atoms. The molecule has 1 atom stereocenters. The third-order valence-electron chi connectivity index (χ3n) is 5.93. The summed E-state index contributed by atoms with van der Waals surface area (Å²) in [5, 5.41) is 0.393. The molecule has 1 aromatic heterocycles. The topological polar surface area (TPSA) is 76.8 Å². The maximum atomic E-state index is 13.6. The number of methoxy groups -OCH3 is 1. The third-order valence-corrected chi connectivity index (χ3v) is 6.17. The van der Waals surface area contributed by atoms with Crippen LogP contribution < -0.4 is 10.3 Å². The lowest BCUT2D eigenvalue weighted by molar-refractivity contribution is -0.137. The molecule has 0 bridgehead atoms. The largest absolute Gasteiger partial charge is 0.465 e. The molecule has 1 aliphatic rings. The molecule has 0 saturated heterocycles. The molecule has 5 rings (SSSR count). The molecule has 4 aromatic rings. The number of benzene rings is 3. The molecule has 2 heterocycles. The van der Waals surface area contributed by atoms with Gasteiger partial charge in [0.05, 0.1) is 35.2 Å². The van der Waals surface area contributed by atoms with E-state index in [1.165, 1.54) is 61.7 Å². The zero-order valence-electron chi connectivity index (χ0n) is 18.4. The maximum Gasteiger partial charge on any atom is 0.416 e. The van der Waals surface area contributed by atoms with Crippen molar-refractivity contribution < 1.29 is 31.9 Å². The van der Waals surface area contributed by atoms with E-state index < -0.39 is 35.1 Å². The van der Waals surface area contributed by atoms with Crippen LogP contribution in [0.5, 0.6) is 0 Å². The number of fused-ring (bicyclic) bond motifs is 2.